The molecule has 3 N–H and O–H groups in total. The molecule has 10 heteroatoms. The number of hydrogen-bond donors (Lipinski definition) is 3. The number of carbonyl (C=O) groups excluding carboxylic acids is 2. The smallest absolute Gasteiger partial charge is 0.307 e. The van der Waals surface area contributed by atoms with Crippen molar-refractivity contribution in [3.63, 3.8) is 0 Å². The molecule has 0 saturated heterocycles. The van der Waals surface area contributed by atoms with Crippen LogP contribution in [-0.4, -0.2) is 27.0 Å². The summed E-state index contributed by atoms with van der Waals surface area (Å²) in [4.78, 5) is 38.9. The summed E-state index contributed by atoms with van der Waals surface area (Å²) in [7, 11) is 0. The highest BCUT2D eigenvalue weighted by Crippen LogP contribution is 2.23. The molecule has 9 nitrogen and oxygen atoms in total. The zero-order valence-corrected chi connectivity index (χ0v) is 22.1. The normalized spacial score (nSPS) is 10.4. The zero-order valence-electron chi connectivity index (χ0n) is 21.4. The summed E-state index contributed by atoms with van der Waals surface area (Å²) in [6.07, 6.45) is 4.97. The highest BCUT2D eigenvalue weighted by Gasteiger charge is 2.19. The molecule has 0 aliphatic heterocycles. The summed E-state index contributed by atoms with van der Waals surface area (Å²) in [5.41, 5.74) is 8.38. The van der Waals surface area contributed by atoms with E-state index in [0.717, 1.165) is 33.1 Å². The van der Waals surface area contributed by atoms with E-state index >= 15 is 0 Å². The number of hydrazine groups is 1. The molecule has 0 spiro atoms. The molecule has 2 aromatic heterocycles. The molecular formula is C30H24ClN7O2. The van der Waals surface area contributed by atoms with Crippen LogP contribution in [0.15, 0.2) is 110 Å². The number of carbonyl (C=O) groups is 2. The fourth-order valence-electron chi connectivity index (χ4n) is 3.91. The van der Waals surface area contributed by atoms with Crippen molar-refractivity contribution in [1.29, 1.82) is 0 Å². The highest BCUT2D eigenvalue weighted by molar-refractivity contribution is 6.30. The van der Waals surface area contributed by atoms with Gasteiger partial charge in [0.25, 0.3) is 0 Å². The van der Waals surface area contributed by atoms with Crippen LogP contribution in [0.1, 0.15) is 5.69 Å². The molecule has 5 aromatic rings. The summed E-state index contributed by atoms with van der Waals surface area (Å²) >= 11 is 6.05. The molecule has 0 fully saturated rings. The first-order valence-electron chi connectivity index (χ1n) is 12.3. The lowest BCUT2D eigenvalue weighted by atomic mass is 10.1. The minimum absolute atomic E-state index is 0.409. The molecule has 0 bridgehead atoms. The van der Waals surface area contributed by atoms with Crippen LogP contribution in [-0.2, 0) is 0 Å². The van der Waals surface area contributed by atoms with Gasteiger partial charge in [-0.25, -0.2) is 30.0 Å². The molecule has 0 saturated carbocycles. The van der Waals surface area contributed by atoms with E-state index in [2.05, 4.69) is 31.0 Å². The maximum absolute atomic E-state index is 13.4. The van der Waals surface area contributed by atoms with E-state index in [1.165, 1.54) is 6.33 Å². The molecule has 4 amide bonds. The number of hydrogen-bond acceptors (Lipinski definition) is 5. The first-order valence-corrected chi connectivity index (χ1v) is 12.7. The van der Waals surface area contributed by atoms with E-state index in [1.54, 1.807) is 60.9 Å². The Balaban J connectivity index is 1.32. The number of aromatic nitrogens is 3. The van der Waals surface area contributed by atoms with Gasteiger partial charge in [-0.2, -0.15) is 0 Å². The number of amides is 4. The fraction of sp³-hybridized carbons (Fsp3) is 0.0333. The van der Waals surface area contributed by atoms with E-state index in [4.69, 9.17) is 11.6 Å². The maximum Gasteiger partial charge on any atom is 0.345 e. The lowest BCUT2D eigenvalue weighted by Gasteiger charge is -2.24. The SMILES string of the molecule is Cc1cc(-c2cccc(NC(=O)N(NC(=O)Nc3ccc(-c4cccnc4)cc3)c3ccc(Cl)cc3)c2)ncn1. The maximum atomic E-state index is 13.4. The van der Waals surface area contributed by atoms with Crippen molar-refractivity contribution in [2.45, 2.75) is 6.92 Å². The number of pyridine rings is 1. The van der Waals surface area contributed by atoms with Gasteiger partial charge in [0, 0.05) is 40.0 Å². The van der Waals surface area contributed by atoms with E-state index in [0.29, 0.717) is 22.1 Å². The molecule has 0 aliphatic rings. The van der Waals surface area contributed by atoms with Crippen molar-refractivity contribution < 1.29 is 9.59 Å². The van der Waals surface area contributed by atoms with Gasteiger partial charge >= 0.3 is 12.1 Å². The molecule has 5 rings (SSSR count). The van der Waals surface area contributed by atoms with Crippen molar-refractivity contribution in [1.82, 2.24) is 20.4 Å². The third kappa shape index (κ3) is 6.58. The van der Waals surface area contributed by atoms with Gasteiger partial charge in [0.1, 0.15) is 6.33 Å². The first kappa shape index (κ1) is 26.3. The van der Waals surface area contributed by atoms with Gasteiger partial charge in [-0.1, -0.05) is 41.9 Å². The largest absolute Gasteiger partial charge is 0.345 e. The second-order valence-electron chi connectivity index (χ2n) is 8.75. The van der Waals surface area contributed by atoms with Crippen LogP contribution in [0.4, 0.5) is 26.7 Å². The van der Waals surface area contributed by atoms with Gasteiger partial charge < -0.3 is 10.6 Å². The van der Waals surface area contributed by atoms with Crippen LogP contribution in [0.2, 0.25) is 5.02 Å². The predicted molar refractivity (Wildman–Crippen MR) is 157 cm³/mol. The Hall–Kier alpha value is -5.28. The third-order valence-corrected chi connectivity index (χ3v) is 6.10. The monoisotopic (exact) mass is 549 g/mol. The van der Waals surface area contributed by atoms with Crippen molar-refractivity contribution in [2.24, 2.45) is 0 Å². The molecule has 0 unspecified atom stereocenters. The van der Waals surface area contributed by atoms with E-state index in [-0.39, 0.29) is 0 Å². The fourth-order valence-corrected chi connectivity index (χ4v) is 4.04. The number of rotatable bonds is 5. The molecule has 0 atom stereocenters. The Kier molecular flexibility index (Phi) is 7.94. The van der Waals surface area contributed by atoms with E-state index in [1.807, 2.05) is 49.4 Å². The molecule has 198 valence electrons. The van der Waals surface area contributed by atoms with Crippen LogP contribution in [0.5, 0.6) is 0 Å². The second-order valence-corrected chi connectivity index (χ2v) is 9.19. The second kappa shape index (κ2) is 12.1. The Morgan fingerprint density at radius 1 is 0.775 bits per heavy atom. The van der Waals surface area contributed by atoms with Crippen molar-refractivity contribution in [2.75, 3.05) is 15.6 Å². The first-order chi connectivity index (χ1) is 19.4. The van der Waals surface area contributed by atoms with Gasteiger partial charge in [-0.05, 0) is 78.7 Å². The minimum atomic E-state index is -0.607. The van der Waals surface area contributed by atoms with Crippen LogP contribution >= 0.6 is 11.6 Å². The average Bonchev–Trinajstić information content (AvgIpc) is 2.97. The minimum Gasteiger partial charge on any atom is -0.307 e. The summed E-state index contributed by atoms with van der Waals surface area (Å²) in [6, 6.07) is 25.5. The van der Waals surface area contributed by atoms with Gasteiger partial charge in [0.15, 0.2) is 0 Å². The Bertz CT molecular complexity index is 1630. The lowest BCUT2D eigenvalue weighted by molar-refractivity contribution is 0.243. The van der Waals surface area contributed by atoms with Gasteiger partial charge in [0.05, 0.1) is 11.4 Å². The van der Waals surface area contributed by atoms with E-state index < -0.39 is 12.1 Å². The number of halogens is 1. The van der Waals surface area contributed by atoms with Crippen LogP contribution in [0, 0.1) is 6.92 Å². The molecular weight excluding hydrogens is 526 g/mol. The van der Waals surface area contributed by atoms with Gasteiger partial charge in [0.2, 0.25) is 0 Å². The van der Waals surface area contributed by atoms with Gasteiger partial charge in [-0.15, -0.1) is 0 Å². The summed E-state index contributed by atoms with van der Waals surface area (Å²) in [6.45, 7) is 1.88. The number of nitrogens with zero attached hydrogens (tertiary/aromatic N) is 4. The summed E-state index contributed by atoms with van der Waals surface area (Å²) < 4.78 is 0. The summed E-state index contributed by atoms with van der Waals surface area (Å²) in [5.74, 6) is 0. The standard InChI is InChI=1S/C30H24ClN7O2/c1-20-16-28(34-19-33-20)22-4-2-6-26(17-22)36-30(40)38(27-13-9-24(31)10-14-27)37-29(39)35-25-11-7-21(8-12-25)23-5-3-15-32-18-23/h2-19H,1H3,(H,36,40)(H2,35,37,39). The molecule has 2 heterocycles. The third-order valence-electron chi connectivity index (χ3n) is 5.85. The molecule has 3 aromatic carbocycles. The molecule has 0 radical (unpaired) electrons. The molecule has 40 heavy (non-hydrogen) atoms. The number of urea groups is 2. The van der Waals surface area contributed by atoms with Crippen molar-refractivity contribution in [3.05, 3.63) is 120 Å². The highest BCUT2D eigenvalue weighted by atomic mass is 35.5. The Labute approximate surface area is 235 Å². The molecule has 0 aliphatic carbocycles. The predicted octanol–water partition coefficient (Wildman–Crippen LogP) is 6.94. The summed E-state index contributed by atoms with van der Waals surface area (Å²) in [5, 5.41) is 7.20. The topological polar surface area (TPSA) is 112 Å². The number of anilines is 3. The average molecular weight is 550 g/mol. The Morgan fingerprint density at radius 2 is 1.55 bits per heavy atom. The number of aryl methyl sites for hydroxylation is 1. The Morgan fingerprint density at radius 3 is 2.27 bits per heavy atom. The van der Waals surface area contributed by atoms with Crippen molar-refractivity contribution in [3.8, 4) is 22.4 Å². The van der Waals surface area contributed by atoms with Gasteiger partial charge in [-0.3, -0.25) is 4.98 Å². The quantitative estimate of drug-likeness (QED) is 0.205. The number of nitrogens with one attached hydrogen (secondary N) is 3. The number of benzene rings is 3. The van der Waals surface area contributed by atoms with Crippen LogP contribution in [0.25, 0.3) is 22.4 Å². The zero-order chi connectivity index (χ0) is 27.9. The van der Waals surface area contributed by atoms with Crippen LogP contribution < -0.4 is 21.1 Å². The van der Waals surface area contributed by atoms with Crippen molar-refractivity contribution >= 4 is 40.7 Å². The lowest BCUT2D eigenvalue weighted by Crippen LogP contribution is -2.50. The van der Waals surface area contributed by atoms with E-state index in [9.17, 15) is 9.59 Å². The van der Waals surface area contributed by atoms with Crippen LogP contribution in [0.3, 0.4) is 0 Å².